The maximum atomic E-state index is 11.9. The maximum Gasteiger partial charge on any atom is 0.215 e. The number of carbonyl (C=O) groups is 1. The predicted molar refractivity (Wildman–Crippen MR) is 83.9 cm³/mol. The van der Waals surface area contributed by atoms with Crippen LogP contribution in [-0.2, 0) is 4.79 Å². The Kier molecular flexibility index (Phi) is 4.18. The number of hydrogen-bond acceptors (Lipinski definition) is 6. The van der Waals surface area contributed by atoms with Crippen molar-refractivity contribution >= 4 is 23.5 Å². The maximum absolute atomic E-state index is 11.9. The van der Waals surface area contributed by atoms with Crippen molar-refractivity contribution in [2.75, 3.05) is 11.1 Å². The number of nitrogen functional groups attached to an aromatic ring is 1. The molecule has 0 saturated heterocycles. The number of hydrogen-bond donors (Lipinski definition) is 2. The number of nitrogens with two attached hydrogens (primary N) is 1. The summed E-state index contributed by atoms with van der Waals surface area (Å²) in [5, 5.41) is 10.4. The van der Waals surface area contributed by atoms with Gasteiger partial charge in [0.25, 0.3) is 0 Å². The van der Waals surface area contributed by atoms with Gasteiger partial charge >= 0.3 is 0 Å². The molecule has 6 heteroatoms. The summed E-state index contributed by atoms with van der Waals surface area (Å²) in [5.74, 6) is 1.07. The molecule has 3 N–H and O–H groups in total. The van der Waals surface area contributed by atoms with Gasteiger partial charge in [0.15, 0.2) is 0 Å². The summed E-state index contributed by atoms with van der Waals surface area (Å²) >= 11 is 0. The Morgan fingerprint density at radius 3 is 2.77 bits per heavy atom. The van der Waals surface area contributed by atoms with Gasteiger partial charge in [0.1, 0.15) is 5.78 Å². The number of aromatic nitrogens is 2. The van der Waals surface area contributed by atoms with Crippen molar-refractivity contribution < 1.29 is 9.42 Å². The van der Waals surface area contributed by atoms with E-state index in [1.54, 1.807) is 0 Å². The van der Waals surface area contributed by atoms with Gasteiger partial charge in [-0.25, -0.2) is 4.63 Å². The molecule has 1 aliphatic rings. The number of benzene rings is 1. The fourth-order valence-electron chi connectivity index (χ4n) is 2.74. The van der Waals surface area contributed by atoms with Crippen LogP contribution < -0.4 is 11.1 Å². The molecular weight excluding hydrogens is 280 g/mol. The van der Waals surface area contributed by atoms with Crippen molar-refractivity contribution in [1.29, 1.82) is 0 Å². The Balaban J connectivity index is 1.65. The van der Waals surface area contributed by atoms with Gasteiger partial charge in [-0.3, -0.25) is 4.79 Å². The molecule has 1 saturated carbocycles. The summed E-state index contributed by atoms with van der Waals surface area (Å²) in [6.07, 6.45) is 6.06. The SMILES string of the molecule is Nc1nonc1N[C@@H]1CC(=O)C[C@@H](/C=C/c2ccccc2)C1. The molecule has 22 heavy (non-hydrogen) atoms. The standard InChI is InChI=1S/C16H18N4O2/c17-15-16(20-22-19-15)18-13-8-12(9-14(21)10-13)7-6-11-4-2-1-3-5-11/h1-7,12-13H,8-10H2,(H2,17,19)(H,18,20)/b7-6+/t12-,13-/m0/s1. The molecule has 1 heterocycles. The van der Waals surface area contributed by atoms with Crippen molar-refractivity contribution in [1.82, 2.24) is 10.3 Å². The molecule has 1 aliphatic carbocycles. The number of anilines is 2. The van der Waals surface area contributed by atoms with Crippen LogP contribution in [-0.4, -0.2) is 22.1 Å². The smallest absolute Gasteiger partial charge is 0.215 e. The van der Waals surface area contributed by atoms with Crippen LogP contribution in [0.2, 0.25) is 0 Å². The highest BCUT2D eigenvalue weighted by molar-refractivity contribution is 5.81. The Bertz CT molecular complexity index is 666. The molecule has 1 aromatic carbocycles. The Labute approximate surface area is 128 Å². The van der Waals surface area contributed by atoms with E-state index < -0.39 is 0 Å². The van der Waals surface area contributed by atoms with E-state index in [4.69, 9.17) is 5.73 Å². The molecule has 3 rings (SSSR count). The van der Waals surface area contributed by atoms with E-state index >= 15 is 0 Å². The number of nitrogens with zero attached hydrogens (tertiary/aromatic N) is 2. The zero-order chi connectivity index (χ0) is 15.4. The zero-order valence-corrected chi connectivity index (χ0v) is 12.1. The minimum Gasteiger partial charge on any atom is -0.378 e. The summed E-state index contributed by atoms with van der Waals surface area (Å²) in [6, 6.07) is 10.1. The number of rotatable bonds is 4. The van der Waals surface area contributed by atoms with Gasteiger partial charge in [-0.15, -0.1) is 0 Å². The number of allylic oxidation sites excluding steroid dienone is 1. The number of ketones is 1. The quantitative estimate of drug-likeness (QED) is 0.900. The highest BCUT2D eigenvalue weighted by Gasteiger charge is 2.27. The van der Waals surface area contributed by atoms with Crippen LogP contribution in [0.5, 0.6) is 0 Å². The van der Waals surface area contributed by atoms with Crippen molar-refractivity contribution in [2.24, 2.45) is 5.92 Å². The van der Waals surface area contributed by atoms with E-state index in [-0.39, 0.29) is 23.6 Å². The summed E-state index contributed by atoms with van der Waals surface area (Å²) in [7, 11) is 0. The van der Waals surface area contributed by atoms with E-state index in [0.29, 0.717) is 18.7 Å². The van der Waals surface area contributed by atoms with E-state index in [2.05, 4.69) is 32.4 Å². The first-order valence-electron chi connectivity index (χ1n) is 7.30. The molecule has 0 aliphatic heterocycles. The van der Waals surface area contributed by atoms with Crippen LogP contribution in [0.15, 0.2) is 41.0 Å². The fourth-order valence-corrected chi connectivity index (χ4v) is 2.74. The highest BCUT2D eigenvalue weighted by atomic mass is 16.6. The lowest BCUT2D eigenvalue weighted by Crippen LogP contribution is -2.32. The lowest BCUT2D eigenvalue weighted by Gasteiger charge is -2.27. The van der Waals surface area contributed by atoms with Crippen LogP contribution in [0, 0.1) is 5.92 Å². The predicted octanol–water partition coefficient (Wildman–Crippen LogP) is 2.51. The van der Waals surface area contributed by atoms with Gasteiger partial charge in [-0.1, -0.05) is 42.5 Å². The van der Waals surface area contributed by atoms with Gasteiger partial charge < -0.3 is 11.1 Å². The van der Waals surface area contributed by atoms with Crippen LogP contribution in [0.25, 0.3) is 6.08 Å². The molecule has 0 radical (unpaired) electrons. The second-order valence-corrected chi connectivity index (χ2v) is 5.55. The molecule has 1 aromatic heterocycles. The van der Waals surface area contributed by atoms with Gasteiger partial charge in [0.05, 0.1) is 0 Å². The lowest BCUT2D eigenvalue weighted by molar-refractivity contribution is -0.121. The molecule has 6 nitrogen and oxygen atoms in total. The van der Waals surface area contributed by atoms with Crippen molar-refractivity contribution in [2.45, 2.75) is 25.3 Å². The number of nitrogens with one attached hydrogen (secondary N) is 1. The Morgan fingerprint density at radius 1 is 1.23 bits per heavy atom. The van der Waals surface area contributed by atoms with Crippen LogP contribution in [0.3, 0.4) is 0 Å². The second kappa shape index (κ2) is 6.43. The van der Waals surface area contributed by atoms with Crippen molar-refractivity contribution in [3.05, 3.63) is 42.0 Å². The average molecular weight is 298 g/mol. The molecule has 0 spiro atoms. The largest absolute Gasteiger partial charge is 0.378 e. The summed E-state index contributed by atoms with van der Waals surface area (Å²) in [4.78, 5) is 11.9. The van der Waals surface area contributed by atoms with Crippen LogP contribution in [0.1, 0.15) is 24.8 Å². The summed E-state index contributed by atoms with van der Waals surface area (Å²) in [6.45, 7) is 0. The van der Waals surface area contributed by atoms with Crippen LogP contribution in [0.4, 0.5) is 11.6 Å². The minimum absolute atomic E-state index is 0.000809. The highest BCUT2D eigenvalue weighted by Crippen LogP contribution is 2.27. The summed E-state index contributed by atoms with van der Waals surface area (Å²) < 4.78 is 4.56. The third-order valence-electron chi connectivity index (χ3n) is 3.77. The van der Waals surface area contributed by atoms with E-state index in [9.17, 15) is 4.79 Å². The molecule has 1 fully saturated rings. The molecule has 0 unspecified atom stereocenters. The molecule has 0 bridgehead atoms. The topological polar surface area (TPSA) is 94.0 Å². The Hall–Kier alpha value is -2.63. The Morgan fingerprint density at radius 2 is 2.05 bits per heavy atom. The first-order valence-corrected chi connectivity index (χ1v) is 7.30. The van der Waals surface area contributed by atoms with E-state index in [1.165, 1.54) is 0 Å². The number of carbonyl (C=O) groups excluding carboxylic acids is 1. The van der Waals surface area contributed by atoms with Gasteiger partial charge in [-0.05, 0) is 28.2 Å². The third-order valence-corrected chi connectivity index (χ3v) is 3.77. The molecule has 0 amide bonds. The third kappa shape index (κ3) is 3.52. The average Bonchev–Trinajstić information content (AvgIpc) is 2.91. The van der Waals surface area contributed by atoms with Gasteiger partial charge in [0, 0.05) is 18.9 Å². The molecule has 2 atom stereocenters. The molecule has 114 valence electrons. The van der Waals surface area contributed by atoms with Gasteiger partial charge in [-0.2, -0.15) is 0 Å². The molecular formula is C16H18N4O2. The van der Waals surface area contributed by atoms with E-state index in [1.807, 2.05) is 30.3 Å². The normalized spacial score (nSPS) is 22.1. The van der Waals surface area contributed by atoms with Crippen molar-refractivity contribution in [3.8, 4) is 0 Å². The first-order chi connectivity index (χ1) is 10.7. The second-order valence-electron chi connectivity index (χ2n) is 5.55. The zero-order valence-electron chi connectivity index (χ0n) is 12.1. The minimum atomic E-state index is 0.000809. The molecule has 2 aromatic rings. The monoisotopic (exact) mass is 298 g/mol. The lowest BCUT2D eigenvalue weighted by atomic mass is 9.84. The first kappa shape index (κ1) is 14.3. The fraction of sp³-hybridized carbons (Fsp3) is 0.312. The summed E-state index contributed by atoms with van der Waals surface area (Å²) in [5.41, 5.74) is 6.77. The number of Topliss-reactive ketones (excluding diaryl/α,β-unsaturated/α-hetero) is 1. The van der Waals surface area contributed by atoms with E-state index in [0.717, 1.165) is 12.0 Å². The van der Waals surface area contributed by atoms with Crippen molar-refractivity contribution in [3.63, 3.8) is 0 Å². The van der Waals surface area contributed by atoms with Gasteiger partial charge in [0.2, 0.25) is 11.6 Å². The van der Waals surface area contributed by atoms with Crippen LogP contribution >= 0.6 is 0 Å².